The number of ether oxygens (including phenoxy) is 1. The summed E-state index contributed by atoms with van der Waals surface area (Å²) in [6.07, 6.45) is 2.57. The molecular formula is C20H35Cl2N5O3. The standard InChI is InChI=1S/C20H33N5O3.2ClH/c1-15(26)22-19(2)6-11-28-20(18(19)27)4-9-24(10-5-20)14-16-12-17-13-21-7-3-8-25(17)23-16;;/h12,18,21,27H,3-11,13-14H2,1-2H3,(H,22,26);2*1H/t18-,19+;;/m1../s1. The van der Waals surface area contributed by atoms with Crippen LogP contribution in [0.1, 0.15) is 50.9 Å². The van der Waals surface area contributed by atoms with Gasteiger partial charge in [0.25, 0.3) is 0 Å². The second-order valence-electron chi connectivity index (χ2n) is 8.82. The van der Waals surface area contributed by atoms with E-state index in [0.717, 1.165) is 64.2 Å². The number of carbonyl (C=O) groups excluding carboxylic acids is 1. The number of aliphatic hydroxyl groups excluding tert-OH is 1. The minimum Gasteiger partial charge on any atom is -0.388 e. The number of nitrogens with one attached hydrogen (secondary N) is 2. The van der Waals surface area contributed by atoms with Crippen molar-refractivity contribution in [3.05, 3.63) is 17.5 Å². The Morgan fingerprint density at radius 1 is 1.33 bits per heavy atom. The van der Waals surface area contributed by atoms with Gasteiger partial charge in [-0.05, 0) is 45.2 Å². The highest BCUT2D eigenvalue weighted by atomic mass is 35.5. The summed E-state index contributed by atoms with van der Waals surface area (Å²) >= 11 is 0. The molecule has 1 amide bonds. The van der Waals surface area contributed by atoms with Gasteiger partial charge in [0, 0.05) is 46.3 Å². The van der Waals surface area contributed by atoms with E-state index in [2.05, 4.69) is 26.3 Å². The molecule has 3 aliphatic heterocycles. The molecule has 2 saturated heterocycles. The number of hydrogen-bond acceptors (Lipinski definition) is 6. The van der Waals surface area contributed by atoms with Crippen LogP contribution in [0, 0.1) is 0 Å². The molecule has 1 aromatic heterocycles. The average molecular weight is 464 g/mol. The first-order valence-corrected chi connectivity index (χ1v) is 10.5. The molecule has 3 N–H and O–H groups in total. The van der Waals surface area contributed by atoms with Gasteiger partial charge in [0.05, 0.1) is 22.5 Å². The molecule has 4 rings (SSSR count). The molecule has 2 fully saturated rings. The van der Waals surface area contributed by atoms with Crippen LogP contribution in [0.5, 0.6) is 0 Å². The predicted molar refractivity (Wildman–Crippen MR) is 119 cm³/mol. The molecule has 0 saturated carbocycles. The van der Waals surface area contributed by atoms with E-state index in [1.54, 1.807) is 0 Å². The topological polar surface area (TPSA) is 91.7 Å². The van der Waals surface area contributed by atoms with Crippen molar-refractivity contribution in [1.29, 1.82) is 0 Å². The minimum absolute atomic E-state index is 0. The molecule has 0 aliphatic carbocycles. The van der Waals surface area contributed by atoms with E-state index >= 15 is 0 Å². The summed E-state index contributed by atoms with van der Waals surface area (Å²) in [6, 6.07) is 2.21. The highest BCUT2D eigenvalue weighted by Gasteiger charge is 2.53. The van der Waals surface area contributed by atoms with Gasteiger partial charge < -0.3 is 20.5 Å². The summed E-state index contributed by atoms with van der Waals surface area (Å²) < 4.78 is 8.25. The van der Waals surface area contributed by atoms with Crippen molar-refractivity contribution in [2.24, 2.45) is 0 Å². The van der Waals surface area contributed by atoms with E-state index in [0.29, 0.717) is 13.0 Å². The summed E-state index contributed by atoms with van der Waals surface area (Å²) in [6.45, 7) is 9.45. The lowest BCUT2D eigenvalue weighted by Crippen LogP contribution is -2.69. The van der Waals surface area contributed by atoms with Gasteiger partial charge in [-0.2, -0.15) is 5.10 Å². The number of aliphatic hydroxyl groups is 1. The third-order valence-electron chi connectivity index (χ3n) is 6.61. The molecule has 2 atom stereocenters. The lowest BCUT2D eigenvalue weighted by atomic mass is 9.73. The molecule has 30 heavy (non-hydrogen) atoms. The van der Waals surface area contributed by atoms with Crippen LogP contribution in [0.3, 0.4) is 0 Å². The number of fused-ring (bicyclic) bond motifs is 1. The Morgan fingerprint density at radius 3 is 2.77 bits per heavy atom. The van der Waals surface area contributed by atoms with Gasteiger partial charge in [-0.1, -0.05) is 0 Å². The van der Waals surface area contributed by atoms with Gasteiger partial charge in [-0.15, -0.1) is 24.8 Å². The van der Waals surface area contributed by atoms with Gasteiger partial charge in [0.15, 0.2) is 0 Å². The van der Waals surface area contributed by atoms with Crippen LogP contribution in [-0.2, 0) is 29.2 Å². The Kier molecular flexibility index (Phi) is 8.58. The van der Waals surface area contributed by atoms with Gasteiger partial charge in [0.1, 0.15) is 6.10 Å². The van der Waals surface area contributed by atoms with Crippen LogP contribution in [0.25, 0.3) is 0 Å². The lowest BCUT2D eigenvalue weighted by molar-refractivity contribution is -0.208. The number of halogens is 2. The van der Waals surface area contributed by atoms with Crippen molar-refractivity contribution < 1.29 is 14.6 Å². The quantitative estimate of drug-likeness (QED) is 0.624. The maximum absolute atomic E-state index is 11.6. The smallest absolute Gasteiger partial charge is 0.217 e. The van der Waals surface area contributed by atoms with E-state index in [1.165, 1.54) is 12.6 Å². The second kappa shape index (κ2) is 10.1. The number of nitrogens with zero attached hydrogens (tertiary/aromatic N) is 3. The summed E-state index contributed by atoms with van der Waals surface area (Å²) in [5, 5.41) is 22.3. The number of likely N-dealkylation sites (tertiary alicyclic amines) is 1. The number of hydrogen-bond donors (Lipinski definition) is 3. The summed E-state index contributed by atoms with van der Waals surface area (Å²) in [5.74, 6) is -0.106. The third-order valence-corrected chi connectivity index (χ3v) is 6.61. The number of carbonyl (C=O) groups is 1. The first-order valence-electron chi connectivity index (χ1n) is 10.5. The molecule has 8 nitrogen and oxygen atoms in total. The first kappa shape index (κ1) is 25.4. The Labute approximate surface area is 190 Å². The van der Waals surface area contributed by atoms with Gasteiger partial charge in [-0.25, -0.2) is 0 Å². The van der Waals surface area contributed by atoms with E-state index in [1.807, 2.05) is 6.92 Å². The maximum atomic E-state index is 11.6. The molecule has 4 heterocycles. The Hall–Kier alpha value is -0.900. The third kappa shape index (κ3) is 5.11. The van der Waals surface area contributed by atoms with Gasteiger partial charge in [0.2, 0.25) is 5.91 Å². The van der Waals surface area contributed by atoms with E-state index < -0.39 is 17.2 Å². The Morgan fingerprint density at radius 2 is 2.07 bits per heavy atom. The zero-order valence-corrected chi connectivity index (χ0v) is 19.5. The highest BCUT2D eigenvalue weighted by molar-refractivity contribution is 5.85. The van der Waals surface area contributed by atoms with Crippen molar-refractivity contribution in [2.45, 2.75) is 76.4 Å². The second-order valence-corrected chi connectivity index (χ2v) is 8.82. The molecule has 0 aromatic carbocycles. The Balaban J connectivity index is 0.00000160. The summed E-state index contributed by atoms with van der Waals surface area (Å²) in [5.41, 5.74) is 1.18. The fourth-order valence-electron chi connectivity index (χ4n) is 5.03. The minimum atomic E-state index is -0.699. The molecule has 10 heteroatoms. The monoisotopic (exact) mass is 463 g/mol. The predicted octanol–water partition coefficient (Wildman–Crippen LogP) is 1.23. The van der Waals surface area contributed by atoms with Crippen LogP contribution >= 0.6 is 24.8 Å². The lowest BCUT2D eigenvalue weighted by Gasteiger charge is -2.53. The van der Waals surface area contributed by atoms with Gasteiger partial charge in [-0.3, -0.25) is 14.4 Å². The van der Waals surface area contributed by atoms with E-state index in [-0.39, 0.29) is 30.7 Å². The number of aryl methyl sites for hydroxylation is 1. The van der Waals surface area contributed by atoms with Crippen LogP contribution in [0.2, 0.25) is 0 Å². The maximum Gasteiger partial charge on any atom is 0.217 e. The highest BCUT2D eigenvalue weighted by Crippen LogP contribution is 2.40. The molecule has 0 unspecified atom stereocenters. The number of rotatable bonds is 3. The fourth-order valence-corrected chi connectivity index (χ4v) is 5.03. The molecule has 3 aliphatic rings. The molecule has 1 spiro atoms. The van der Waals surface area contributed by atoms with Crippen LogP contribution in [-0.4, -0.2) is 69.2 Å². The van der Waals surface area contributed by atoms with Crippen molar-refractivity contribution in [2.75, 3.05) is 26.2 Å². The zero-order chi connectivity index (χ0) is 19.8. The van der Waals surface area contributed by atoms with Crippen LogP contribution < -0.4 is 10.6 Å². The van der Waals surface area contributed by atoms with E-state index in [9.17, 15) is 9.90 Å². The van der Waals surface area contributed by atoms with Gasteiger partial charge >= 0.3 is 0 Å². The van der Waals surface area contributed by atoms with Crippen LogP contribution in [0.15, 0.2) is 6.07 Å². The number of aromatic nitrogens is 2. The van der Waals surface area contributed by atoms with E-state index in [4.69, 9.17) is 9.84 Å². The van der Waals surface area contributed by atoms with Crippen molar-refractivity contribution in [1.82, 2.24) is 25.3 Å². The Bertz CT molecular complexity index is 700. The SMILES string of the molecule is CC(=O)N[C@@]1(C)CCOC2(CCN(Cc3cc4n(n3)CCCNC4)CC2)[C@@H]1O.Cl.Cl. The fraction of sp³-hybridized carbons (Fsp3) is 0.800. The largest absolute Gasteiger partial charge is 0.388 e. The van der Waals surface area contributed by atoms with Crippen LogP contribution in [0.4, 0.5) is 0 Å². The number of amides is 1. The molecule has 0 radical (unpaired) electrons. The van der Waals surface area contributed by atoms with Crippen molar-refractivity contribution in [3.63, 3.8) is 0 Å². The normalized spacial score (nSPS) is 28.6. The first-order chi connectivity index (χ1) is 13.4. The summed E-state index contributed by atoms with van der Waals surface area (Å²) in [4.78, 5) is 14.0. The molecule has 0 bridgehead atoms. The van der Waals surface area contributed by atoms with Crippen molar-refractivity contribution >= 4 is 30.7 Å². The zero-order valence-electron chi connectivity index (χ0n) is 17.9. The molecule has 1 aromatic rings. The average Bonchev–Trinajstić information content (AvgIpc) is 2.89. The van der Waals surface area contributed by atoms with Crippen molar-refractivity contribution in [3.8, 4) is 0 Å². The molecule has 172 valence electrons. The number of piperidine rings is 1. The summed E-state index contributed by atoms with van der Waals surface area (Å²) in [7, 11) is 0. The molecular weight excluding hydrogens is 429 g/mol.